The van der Waals surface area contributed by atoms with E-state index in [2.05, 4.69) is 63.8 Å². The minimum Gasteiger partial charge on any atom is -0.456 e. The molecule has 3 aromatic rings. The second kappa shape index (κ2) is 4.73. The number of allylic oxidation sites excluding steroid dienone is 5. The molecule has 114 valence electrons. The quantitative estimate of drug-likeness (QED) is 0.534. The standard InChI is InChI=1S/C22H20O/c1-5-9-17-14(6-2)15-12-13-19-20(21(15)22(17,3)4)16-10-7-8-11-18(16)23-19/h5-13H,2H2,1,3-4H3/b9-5-. The van der Waals surface area contributed by atoms with Gasteiger partial charge < -0.3 is 4.42 Å². The first-order valence-corrected chi connectivity index (χ1v) is 8.04. The fourth-order valence-electron chi connectivity index (χ4n) is 3.99. The summed E-state index contributed by atoms with van der Waals surface area (Å²) in [5, 5.41) is 2.43. The van der Waals surface area contributed by atoms with Crippen LogP contribution in [-0.2, 0) is 5.41 Å². The van der Waals surface area contributed by atoms with Crippen LogP contribution in [0.25, 0.3) is 27.5 Å². The third-order valence-electron chi connectivity index (χ3n) is 4.96. The Morgan fingerprint density at radius 2 is 1.83 bits per heavy atom. The van der Waals surface area contributed by atoms with Gasteiger partial charge in [0, 0.05) is 16.2 Å². The van der Waals surface area contributed by atoms with Gasteiger partial charge in [0.1, 0.15) is 11.2 Å². The SMILES string of the molecule is C=CC1=C(/C=C\C)C(C)(C)c2c1ccc1oc3ccccc3c21. The van der Waals surface area contributed by atoms with E-state index in [0.717, 1.165) is 11.2 Å². The minimum atomic E-state index is -0.0719. The molecule has 1 nitrogen and oxygen atoms in total. The van der Waals surface area contributed by atoms with Crippen molar-refractivity contribution in [2.45, 2.75) is 26.2 Å². The first-order valence-electron chi connectivity index (χ1n) is 8.04. The number of rotatable bonds is 2. The van der Waals surface area contributed by atoms with Crippen molar-refractivity contribution in [2.75, 3.05) is 0 Å². The molecule has 0 fully saturated rings. The van der Waals surface area contributed by atoms with E-state index in [9.17, 15) is 0 Å². The smallest absolute Gasteiger partial charge is 0.135 e. The molecule has 0 amide bonds. The molecule has 23 heavy (non-hydrogen) atoms. The molecule has 0 unspecified atom stereocenters. The van der Waals surface area contributed by atoms with E-state index in [1.54, 1.807) is 0 Å². The summed E-state index contributed by atoms with van der Waals surface area (Å²) in [4.78, 5) is 0. The summed E-state index contributed by atoms with van der Waals surface area (Å²) in [6, 6.07) is 12.6. The summed E-state index contributed by atoms with van der Waals surface area (Å²) in [6.07, 6.45) is 6.30. The van der Waals surface area contributed by atoms with Crippen LogP contribution in [0, 0.1) is 0 Å². The summed E-state index contributed by atoms with van der Waals surface area (Å²) in [5.74, 6) is 0. The minimum absolute atomic E-state index is 0.0719. The van der Waals surface area contributed by atoms with E-state index < -0.39 is 0 Å². The Labute approximate surface area is 136 Å². The highest BCUT2D eigenvalue weighted by Gasteiger charge is 2.37. The van der Waals surface area contributed by atoms with Crippen molar-refractivity contribution in [3.8, 4) is 0 Å². The number of para-hydroxylation sites is 1. The van der Waals surface area contributed by atoms with Crippen LogP contribution < -0.4 is 0 Å². The average molecular weight is 300 g/mol. The lowest BCUT2D eigenvalue weighted by Crippen LogP contribution is -2.16. The van der Waals surface area contributed by atoms with E-state index in [1.807, 2.05) is 18.2 Å². The molecule has 1 heteroatoms. The third-order valence-corrected chi connectivity index (χ3v) is 4.96. The number of fused-ring (bicyclic) bond motifs is 5. The molecule has 0 aliphatic heterocycles. The predicted molar refractivity (Wildman–Crippen MR) is 98.7 cm³/mol. The Hall–Kier alpha value is -2.54. The van der Waals surface area contributed by atoms with Crippen LogP contribution in [0.2, 0.25) is 0 Å². The molecule has 1 heterocycles. The van der Waals surface area contributed by atoms with E-state index in [0.29, 0.717) is 0 Å². The third kappa shape index (κ3) is 1.74. The Kier molecular flexibility index (Phi) is 2.89. The van der Waals surface area contributed by atoms with Crippen LogP contribution in [0.4, 0.5) is 0 Å². The van der Waals surface area contributed by atoms with Crippen molar-refractivity contribution in [3.63, 3.8) is 0 Å². The second-order valence-electron chi connectivity index (χ2n) is 6.62. The van der Waals surface area contributed by atoms with Gasteiger partial charge in [-0.15, -0.1) is 0 Å². The van der Waals surface area contributed by atoms with E-state index in [-0.39, 0.29) is 5.41 Å². The topological polar surface area (TPSA) is 13.1 Å². The molecule has 1 aliphatic rings. The van der Waals surface area contributed by atoms with E-state index in [4.69, 9.17) is 4.42 Å². The van der Waals surface area contributed by atoms with Gasteiger partial charge in [-0.05, 0) is 41.3 Å². The normalized spacial score (nSPS) is 16.7. The summed E-state index contributed by atoms with van der Waals surface area (Å²) in [5.41, 5.74) is 7.02. The van der Waals surface area contributed by atoms with Gasteiger partial charge >= 0.3 is 0 Å². The number of benzene rings is 2. The largest absolute Gasteiger partial charge is 0.456 e. The van der Waals surface area contributed by atoms with Crippen molar-refractivity contribution >= 4 is 27.5 Å². The lowest BCUT2D eigenvalue weighted by Gasteiger charge is -2.23. The van der Waals surface area contributed by atoms with E-state index in [1.165, 1.54) is 33.0 Å². The summed E-state index contributed by atoms with van der Waals surface area (Å²) in [7, 11) is 0. The van der Waals surface area contributed by atoms with Gasteiger partial charge in [0.2, 0.25) is 0 Å². The molecule has 0 saturated carbocycles. The zero-order valence-electron chi connectivity index (χ0n) is 13.8. The lowest BCUT2D eigenvalue weighted by atomic mass is 9.79. The van der Waals surface area contributed by atoms with Crippen molar-refractivity contribution < 1.29 is 4.42 Å². The first kappa shape index (κ1) is 14.1. The molecule has 0 bridgehead atoms. The summed E-state index contributed by atoms with van der Waals surface area (Å²) in [6.45, 7) is 10.7. The molecular formula is C22H20O. The average Bonchev–Trinajstić information content (AvgIpc) is 3.01. The summed E-state index contributed by atoms with van der Waals surface area (Å²) >= 11 is 0. The lowest BCUT2D eigenvalue weighted by molar-refractivity contribution is 0.652. The first-order chi connectivity index (χ1) is 11.1. The van der Waals surface area contributed by atoms with Gasteiger partial charge in [-0.25, -0.2) is 0 Å². The van der Waals surface area contributed by atoms with Crippen LogP contribution in [0.15, 0.2) is 71.2 Å². The zero-order valence-corrected chi connectivity index (χ0v) is 13.8. The number of hydrogen-bond donors (Lipinski definition) is 0. The fraction of sp³-hybridized carbons (Fsp3) is 0.182. The highest BCUT2D eigenvalue weighted by Crippen LogP contribution is 2.51. The molecule has 0 N–H and O–H groups in total. The molecule has 0 spiro atoms. The molecule has 0 radical (unpaired) electrons. The maximum Gasteiger partial charge on any atom is 0.135 e. The molecule has 4 rings (SSSR count). The number of hydrogen-bond acceptors (Lipinski definition) is 1. The Morgan fingerprint density at radius 3 is 2.57 bits per heavy atom. The van der Waals surface area contributed by atoms with Gasteiger partial charge in [-0.2, -0.15) is 0 Å². The van der Waals surface area contributed by atoms with Crippen molar-refractivity contribution in [1.29, 1.82) is 0 Å². The highest BCUT2D eigenvalue weighted by molar-refractivity contribution is 6.10. The van der Waals surface area contributed by atoms with Crippen molar-refractivity contribution in [2.24, 2.45) is 0 Å². The van der Waals surface area contributed by atoms with Crippen molar-refractivity contribution in [1.82, 2.24) is 0 Å². The number of furan rings is 1. The molecule has 0 saturated heterocycles. The summed E-state index contributed by atoms with van der Waals surface area (Å²) < 4.78 is 6.07. The van der Waals surface area contributed by atoms with Gasteiger partial charge in [-0.3, -0.25) is 0 Å². The Morgan fingerprint density at radius 1 is 1.04 bits per heavy atom. The van der Waals surface area contributed by atoms with Crippen LogP contribution in [0.1, 0.15) is 31.9 Å². The van der Waals surface area contributed by atoms with Gasteiger partial charge in [0.25, 0.3) is 0 Å². The Bertz CT molecular complexity index is 1010. The molecule has 1 aromatic heterocycles. The van der Waals surface area contributed by atoms with Crippen molar-refractivity contribution in [3.05, 3.63) is 77.9 Å². The molecule has 1 aliphatic carbocycles. The maximum atomic E-state index is 6.07. The molecular weight excluding hydrogens is 280 g/mol. The maximum absolute atomic E-state index is 6.07. The zero-order chi connectivity index (χ0) is 16.2. The molecule has 0 atom stereocenters. The van der Waals surface area contributed by atoms with Gasteiger partial charge in [0.05, 0.1) is 0 Å². The van der Waals surface area contributed by atoms with E-state index >= 15 is 0 Å². The monoisotopic (exact) mass is 300 g/mol. The van der Waals surface area contributed by atoms with Crippen LogP contribution in [0.5, 0.6) is 0 Å². The van der Waals surface area contributed by atoms with Gasteiger partial charge in [-0.1, -0.05) is 62.9 Å². The fourth-order valence-corrected chi connectivity index (χ4v) is 3.99. The highest BCUT2D eigenvalue weighted by atomic mass is 16.3. The van der Waals surface area contributed by atoms with Crippen LogP contribution in [-0.4, -0.2) is 0 Å². The van der Waals surface area contributed by atoms with Gasteiger partial charge in [0.15, 0.2) is 0 Å². The second-order valence-corrected chi connectivity index (χ2v) is 6.62. The van der Waals surface area contributed by atoms with Crippen LogP contribution >= 0.6 is 0 Å². The van der Waals surface area contributed by atoms with Crippen LogP contribution in [0.3, 0.4) is 0 Å². The predicted octanol–water partition coefficient (Wildman–Crippen LogP) is 6.39. The molecule has 2 aromatic carbocycles. The Balaban J connectivity index is 2.19.